The van der Waals surface area contributed by atoms with Gasteiger partial charge in [-0.25, -0.2) is 9.50 Å². The molecule has 0 N–H and O–H groups in total. The van der Waals surface area contributed by atoms with Gasteiger partial charge in [0.05, 0.1) is 0 Å². The summed E-state index contributed by atoms with van der Waals surface area (Å²) in [6.45, 7) is 5.51. The average Bonchev–Trinajstić information content (AvgIpc) is 3.13. The van der Waals surface area contributed by atoms with E-state index in [9.17, 15) is 4.79 Å². The van der Waals surface area contributed by atoms with Crippen molar-refractivity contribution in [3.63, 3.8) is 0 Å². The van der Waals surface area contributed by atoms with Crippen molar-refractivity contribution in [1.29, 1.82) is 0 Å². The van der Waals surface area contributed by atoms with Crippen LogP contribution < -0.4 is 0 Å². The Hall–Kier alpha value is -2.84. The lowest BCUT2D eigenvalue weighted by Crippen LogP contribution is -2.10. The van der Waals surface area contributed by atoms with Crippen LogP contribution in [-0.2, 0) is 22.6 Å². The standard InChI is InChI=1S/C14H16N6O3/c1-8-11(9(2)20-14(17-8)15-7-16-20)4-5-13(21)22-6-12-18-10(3)19-23-12/h7H,4-6H2,1-3H3. The third kappa shape index (κ3) is 3.17. The lowest BCUT2D eigenvalue weighted by molar-refractivity contribution is -0.145. The first-order valence-electron chi connectivity index (χ1n) is 7.15. The normalized spacial score (nSPS) is 11.1. The van der Waals surface area contributed by atoms with Crippen molar-refractivity contribution in [3.05, 3.63) is 35.0 Å². The van der Waals surface area contributed by atoms with E-state index in [0.717, 1.165) is 17.0 Å². The number of carbonyl (C=O) groups excluding carboxylic acids is 1. The molecule has 3 aromatic heterocycles. The number of hydrogen-bond donors (Lipinski definition) is 0. The van der Waals surface area contributed by atoms with E-state index in [1.807, 2.05) is 13.8 Å². The zero-order valence-corrected chi connectivity index (χ0v) is 13.1. The molecular formula is C14H16N6O3. The highest BCUT2D eigenvalue weighted by atomic mass is 16.6. The van der Waals surface area contributed by atoms with Crippen LogP contribution in [0.3, 0.4) is 0 Å². The fraction of sp³-hybridized carbons (Fsp3) is 0.429. The van der Waals surface area contributed by atoms with Crippen LogP contribution in [0.2, 0.25) is 0 Å². The molecule has 0 amide bonds. The second-order valence-electron chi connectivity index (χ2n) is 5.13. The van der Waals surface area contributed by atoms with E-state index in [4.69, 9.17) is 9.26 Å². The number of aryl methyl sites for hydroxylation is 3. The topological polar surface area (TPSA) is 108 Å². The summed E-state index contributed by atoms with van der Waals surface area (Å²) >= 11 is 0. The maximum Gasteiger partial charge on any atom is 0.306 e. The molecule has 0 saturated heterocycles. The summed E-state index contributed by atoms with van der Waals surface area (Å²) in [5.74, 6) is 1.01. The third-order valence-corrected chi connectivity index (χ3v) is 3.49. The fourth-order valence-corrected chi connectivity index (χ4v) is 2.36. The minimum Gasteiger partial charge on any atom is -0.456 e. The van der Waals surface area contributed by atoms with Crippen molar-refractivity contribution < 1.29 is 14.1 Å². The third-order valence-electron chi connectivity index (χ3n) is 3.49. The number of aromatic nitrogens is 6. The number of esters is 1. The fourth-order valence-electron chi connectivity index (χ4n) is 2.36. The molecule has 0 aliphatic heterocycles. The molecule has 9 heteroatoms. The van der Waals surface area contributed by atoms with Crippen molar-refractivity contribution in [3.8, 4) is 0 Å². The molecule has 23 heavy (non-hydrogen) atoms. The van der Waals surface area contributed by atoms with E-state index in [0.29, 0.717) is 18.0 Å². The van der Waals surface area contributed by atoms with Gasteiger partial charge in [-0.15, -0.1) is 0 Å². The van der Waals surface area contributed by atoms with Crippen molar-refractivity contribution in [2.24, 2.45) is 0 Å². The van der Waals surface area contributed by atoms with Gasteiger partial charge in [0.2, 0.25) is 0 Å². The molecule has 0 aromatic carbocycles. The van der Waals surface area contributed by atoms with E-state index in [-0.39, 0.29) is 24.9 Å². The quantitative estimate of drug-likeness (QED) is 0.644. The molecule has 9 nitrogen and oxygen atoms in total. The Morgan fingerprint density at radius 2 is 2.13 bits per heavy atom. The summed E-state index contributed by atoms with van der Waals surface area (Å²) in [7, 11) is 0. The first-order chi connectivity index (χ1) is 11.0. The Morgan fingerprint density at radius 3 is 2.87 bits per heavy atom. The molecule has 0 atom stereocenters. The maximum absolute atomic E-state index is 11.9. The molecule has 0 aliphatic carbocycles. The van der Waals surface area contributed by atoms with Gasteiger partial charge in [-0.05, 0) is 32.8 Å². The second kappa shape index (κ2) is 6.11. The van der Waals surface area contributed by atoms with Gasteiger partial charge in [-0.1, -0.05) is 5.16 Å². The highest BCUT2D eigenvalue weighted by Crippen LogP contribution is 2.15. The van der Waals surface area contributed by atoms with Gasteiger partial charge in [-0.2, -0.15) is 15.1 Å². The van der Waals surface area contributed by atoms with Crippen LogP contribution in [0.5, 0.6) is 0 Å². The number of nitrogens with zero attached hydrogens (tertiary/aromatic N) is 6. The van der Waals surface area contributed by atoms with Crippen LogP contribution >= 0.6 is 0 Å². The van der Waals surface area contributed by atoms with Crippen molar-refractivity contribution >= 4 is 11.7 Å². The van der Waals surface area contributed by atoms with Crippen LogP contribution in [0.1, 0.15) is 35.1 Å². The van der Waals surface area contributed by atoms with E-state index in [1.54, 1.807) is 11.4 Å². The lowest BCUT2D eigenvalue weighted by atomic mass is 10.1. The summed E-state index contributed by atoms with van der Waals surface area (Å²) in [4.78, 5) is 24.3. The molecule has 0 radical (unpaired) electrons. The zero-order chi connectivity index (χ0) is 16.4. The number of rotatable bonds is 5. The molecule has 0 bridgehead atoms. The monoisotopic (exact) mass is 316 g/mol. The van der Waals surface area contributed by atoms with E-state index in [1.165, 1.54) is 6.33 Å². The van der Waals surface area contributed by atoms with Gasteiger partial charge in [0, 0.05) is 17.8 Å². The number of fused-ring (bicyclic) bond motifs is 1. The molecular weight excluding hydrogens is 300 g/mol. The van der Waals surface area contributed by atoms with Crippen LogP contribution in [0.4, 0.5) is 0 Å². The Morgan fingerprint density at radius 1 is 1.30 bits per heavy atom. The summed E-state index contributed by atoms with van der Waals surface area (Å²) in [6, 6.07) is 0. The summed E-state index contributed by atoms with van der Waals surface area (Å²) in [5, 5.41) is 7.76. The first-order valence-corrected chi connectivity index (χ1v) is 7.15. The minimum absolute atomic E-state index is 0.0159. The molecule has 0 aliphatic rings. The molecule has 3 rings (SSSR count). The van der Waals surface area contributed by atoms with Gasteiger partial charge in [0.25, 0.3) is 11.7 Å². The van der Waals surface area contributed by atoms with E-state index >= 15 is 0 Å². The Labute approximate surface area is 131 Å². The van der Waals surface area contributed by atoms with Crippen LogP contribution in [0, 0.1) is 20.8 Å². The second-order valence-corrected chi connectivity index (χ2v) is 5.13. The smallest absolute Gasteiger partial charge is 0.306 e. The maximum atomic E-state index is 11.9. The summed E-state index contributed by atoms with van der Waals surface area (Å²) in [6.07, 6.45) is 2.21. The van der Waals surface area contributed by atoms with Crippen molar-refractivity contribution in [1.82, 2.24) is 29.7 Å². The molecule has 0 unspecified atom stereocenters. The zero-order valence-electron chi connectivity index (χ0n) is 13.1. The van der Waals surface area contributed by atoms with Crippen LogP contribution in [-0.4, -0.2) is 35.7 Å². The lowest BCUT2D eigenvalue weighted by Gasteiger charge is -2.09. The SMILES string of the molecule is Cc1noc(COC(=O)CCc2c(C)nc3ncnn3c2C)n1. The molecule has 0 spiro atoms. The van der Waals surface area contributed by atoms with Crippen LogP contribution in [0.25, 0.3) is 5.78 Å². The highest BCUT2D eigenvalue weighted by Gasteiger charge is 2.14. The predicted octanol–water partition coefficient (Wildman–Crippen LogP) is 1.11. The average molecular weight is 316 g/mol. The van der Waals surface area contributed by atoms with Gasteiger partial charge < -0.3 is 9.26 Å². The van der Waals surface area contributed by atoms with Gasteiger partial charge in [-0.3, -0.25) is 4.79 Å². The Kier molecular flexibility index (Phi) is 4.00. The Bertz CT molecular complexity index is 853. The Balaban J connectivity index is 1.62. The highest BCUT2D eigenvalue weighted by molar-refractivity contribution is 5.69. The van der Waals surface area contributed by atoms with Gasteiger partial charge in [0.15, 0.2) is 12.4 Å². The predicted molar refractivity (Wildman–Crippen MR) is 77.4 cm³/mol. The molecule has 0 saturated carbocycles. The summed E-state index contributed by atoms with van der Waals surface area (Å²) < 4.78 is 11.7. The largest absolute Gasteiger partial charge is 0.456 e. The summed E-state index contributed by atoms with van der Waals surface area (Å²) in [5.41, 5.74) is 2.72. The van der Waals surface area contributed by atoms with E-state index in [2.05, 4.69) is 25.2 Å². The van der Waals surface area contributed by atoms with Crippen molar-refractivity contribution in [2.45, 2.75) is 40.2 Å². The molecule has 0 fully saturated rings. The molecule has 3 aromatic rings. The van der Waals surface area contributed by atoms with Gasteiger partial charge in [0.1, 0.15) is 6.33 Å². The number of hydrogen-bond acceptors (Lipinski definition) is 8. The van der Waals surface area contributed by atoms with Crippen LogP contribution in [0.15, 0.2) is 10.9 Å². The number of ether oxygens (including phenoxy) is 1. The minimum atomic E-state index is -0.335. The van der Waals surface area contributed by atoms with E-state index < -0.39 is 0 Å². The molecule has 120 valence electrons. The van der Waals surface area contributed by atoms with Gasteiger partial charge >= 0.3 is 5.97 Å². The first kappa shape index (κ1) is 15.1. The molecule has 3 heterocycles. The van der Waals surface area contributed by atoms with Crippen molar-refractivity contribution in [2.75, 3.05) is 0 Å². The number of carbonyl (C=O) groups is 1.